The number of benzene rings is 5. The number of anilines is 1. The van der Waals surface area contributed by atoms with Crippen molar-refractivity contribution in [3.8, 4) is 0 Å². The molecule has 183 valence electrons. The third-order valence-electron chi connectivity index (χ3n) is 7.17. The van der Waals surface area contributed by atoms with Gasteiger partial charge in [-0.3, -0.25) is 0 Å². The van der Waals surface area contributed by atoms with Gasteiger partial charge in [-0.1, -0.05) is 0 Å². The van der Waals surface area contributed by atoms with Gasteiger partial charge in [-0.05, 0) is 0 Å². The summed E-state index contributed by atoms with van der Waals surface area (Å²) in [4.78, 5) is 2.18. The minimum absolute atomic E-state index is 1.23. The first-order valence-corrected chi connectivity index (χ1v) is 16.2. The van der Waals surface area contributed by atoms with E-state index in [0.717, 1.165) is 0 Å². The normalized spacial score (nSPS) is 13.7. The van der Waals surface area contributed by atoms with E-state index in [1.54, 1.807) is 0 Å². The molecule has 1 heterocycles. The van der Waals surface area contributed by atoms with Crippen molar-refractivity contribution >= 4 is 44.4 Å². The van der Waals surface area contributed by atoms with Gasteiger partial charge in [0, 0.05) is 0 Å². The van der Waals surface area contributed by atoms with Crippen molar-refractivity contribution in [2.75, 3.05) is 19.0 Å². The molecule has 0 N–H and O–H groups in total. The number of rotatable bonds is 6. The van der Waals surface area contributed by atoms with Crippen LogP contribution < -0.4 is 9.30 Å². The Balaban J connectivity index is 1.74. The average Bonchev–Trinajstić information content (AvgIpc) is 3.35. The second kappa shape index (κ2) is 10.7. The van der Waals surface area contributed by atoms with Crippen molar-refractivity contribution < 1.29 is 0 Å². The van der Waals surface area contributed by atoms with Crippen LogP contribution in [-0.4, -0.2) is 28.4 Å². The Bertz CT molecular complexity index is 1490. The molecular weight excluding hydrogens is 519 g/mol. The van der Waals surface area contributed by atoms with E-state index >= 15 is 0 Å². The maximum absolute atomic E-state index is 2.38. The second-order valence-electron chi connectivity index (χ2n) is 9.78. The molecule has 1 aliphatic heterocycles. The molecule has 0 fully saturated rings. The standard InChI is InChI=1S/C36H30GeN/c1-38(2)32-25-23-31(24-26-32)37-35(29-19-11-5-12-20-29)33(27-15-7-3-8-16-27)34(28-17-9-4-10-18-28)36(37)30-21-13-6-14-22-30/h3-26H,1-2H3. The molecule has 0 aliphatic carbocycles. The van der Waals surface area contributed by atoms with Gasteiger partial charge in [0.05, 0.1) is 0 Å². The zero-order chi connectivity index (χ0) is 25.9. The van der Waals surface area contributed by atoms with Gasteiger partial charge in [0.1, 0.15) is 0 Å². The van der Waals surface area contributed by atoms with E-state index in [9.17, 15) is 0 Å². The fraction of sp³-hybridized carbons (Fsp3) is 0.0556. The van der Waals surface area contributed by atoms with Crippen LogP contribution in [0.3, 0.4) is 0 Å². The number of hydrogen-bond acceptors (Lipinski definition) is 1. The molecule has 0 saturated heterocycles. The zero-order valence-electron chi connectivity index (χ0n) is 21.8. The summed E-state index contributed by atoms with van der Waals surface area (Å²) in [6.45, 7) is 0. The van der Waals surface area contributed by atoms with E-state index in [2.05, 4.69) is 165 Å². The fourth-order valence-electron chi connectivity index (χ4n) is 5.41. The van der Waals surface area contributed by atoms with Crippen molar-refractivity contribution in [3.63, 3.8) is 0 Å². The molecule has 0 bridgehead atoms. The molecule has 5 aromatic carbocycles. The van der Waals surface area contributed by atoms with Crippen LogP contribution in [-0.2, 0) is 0 Å². The molecular formula is C36H30GeN. The molecule has 0 unspecified atom stereocenters. The summed E-state index contributed by atoms with van der Waals surface area (Å²) in [5.74, 6) is 0. The SMILES string of the molecule is CN(C)c1cc[c]([Ge]2[C](c3ccccc3)=C(c3ccccc3)C(c3ccccc3)=[C]2c2ccccc2)cc1. The molecule has 2 heteroatoms. The van der Waals surface area contributed by atoms with Gasteiger partial charge in [0.2, 0.25) is 0 Å². The first-order valence-electron chi connectivity index (χ1n) is 13.1. The first-order chi connectivity index (χ1) is 18.7. The van der Waals surface area contributed by atoms with Crippen LogP contribution >= 0.6 is 0 Å². The summed E-state index contributed by atoms with van der Waals surface area (Å²) in [6, 6.07) is 53.5. The Morgan fingerprint density at radius 1 is 0.395 bits per heavy atom. The van der Waals surface area contributed by atoms with Crippen molar-refractivity contribution in [2.24, 2.45) is 0 Å². The Hall–Kier alpha value is -4.08. The van der Waals surface area contributed by atoms with Gasteiger partial charge in [0.15, 0.2) is 0 Å². The van der Waals surface area contributed by atoms with Gasteiger partial charge in [-0.2, -0.15) is 0 Å². The van der Waals surface area contributed by atoms with Crippen LogP contribution in [0.4, 0.5) is 5.69 Å². The molecule has 1 aliphatic rings. The molecule has 0 aromatic heterocycles. The summed E-state index contributed by atoms with van der Waals surface area (Å²) in [5.41, 5.74) is 9.22. The predicted molar refractivity (Wildman–Crippen MR) is 166 cm³/mol. The predicted octanol–water partition coefficient (Wildman–Crippen LogP) is 7.77. The Morgan fingerprint density at radius 2 is 0.737 bits per heavy atom. The topological polar surface area (TPSA) is 3.24 Å². The molecule has 1 nitrogen and oxygen atoms in total. The third kappa shape index (κ3) is 4.55. The van der Waals surface area contributed by atoms with E-state index in [-0.39, 0.29) is 0 Å². The third-order valence-corrected chi connectivity index (χ3v) is 13.4. The Morgan fingerprint density at radius 3 is 1.08 bits per heavy atom. The molecule has 0 spiro atoms. The van der Waals surface area contributed by atoms with Crippen LogP contribution in [0.1, 0.15) is 22.3 Å². The monoisotopic (exact) mass is 550 g/mol. The summed E-state index contributed by atoms with van der Waals surface area (Å²) < 4.78 is 4.51. The van der Waals surface area contributed by atoms with Crippen LogP contribution in [0.5, 0.6) is 0 Å². The van der Waals surface area contributed by atoms with Gasteiger partial charge < -0.3 is 0 Å². The Labute approximate surface area is 230 Å². The zero-order valence-corrected chi connectivity index (χ0v) is 23.9. The number of hydrogen-bond donors (Lipinski definition) is 0. The minimum atomic E-state index is -2.28. The number of allylic oxidation sites excluding steroid dienone is 2. The maximum atomic E-state index is 2.38. The molecule has 0 amide bonds. The van der Waals surface area contributed by atoms with Gasteiger partial charge in [0.25, 0.3) is 0 Å². The first kappa shape index (κ1) is 24.3. The van der Waals surface area contributed by atoms with E-state index in [1.807, 2.05) is 0 Å². The van der Waals surface area contributed by atoms with Crippen molar-refractivity contribution in [1.29, 1.82) is 0 Å². The summed E-state index contributed by atoms with van der Waals surface area (Å²) in [6.07, 6.45) is 0. The van der Waals surface area contributed by atoms with Gasteiger partial charge >= 0.3 is 231 Å². The second-order valence-corrected chi connectivity index (χ2v) is 14.7. The van der Waals surface area contributed by atoms with Crippen molar-refractivity contribution in [3.05, 3.63) is 168 Å². The van der Waals surface area contributed by atoms with Gasteiger partial charge in [-0.25, -0.2) is 0 Å². The van der Waals surface area contributed by atoms with E-state index in [4.69, 9.17) is 0 Å². The van der Waals surface area contributed by atoms with Crippen LogP contribution in [0.2, 0.25) is 0 Å². The van der Waals surface area contributed by atoms with Gasteiger partial charge in [-0.15, -0.1) is 0 Å². The Kier molecular flexibility index (Phi) is 6.85. The van der Waals surface area contributed by atoms with E-state index in [1.165, 1.54) is 52.3 Å². The molecule has 38 heavy (non-hydrogen) atoms. The summed E-state index contributed by atoms with van der Waals surface area (Å²) in [7, 11) is 4.21. The molecule has 6 rings (SSSR count). The summed E-state index contributed by atoms with van der Waals surface area (Å²) >= 11 is -2.28. The molecule has 5 aromatic rings. The van der Waals surface area contributed by atoms with Crippen molar-refractivity contribution in [2.45, 2.75) is 0 Å². The van der Waals surface area contributed by atoms with Crippen LogP contribution in [0.25, 0.3) is 20.0 Å². The average molecular weight is 549 g/mol. The summed E-state index contributed by atoms with van der Waals surface area (Å²) in [5, 5.41) is 0. The van der Waals surface area contributed by atoms with E-state index in [0.29, 0.717) is 0 Å². The molecule has 1 radical (unpaired) electrons. The fourth-order valence-corrected chi connectivity index (χ4v) is 12.3. The van der Waals surface area contributed by atoms with E-state index < -0.39 is 14.3 Å². The van der Waals surface area contributed by atoms with Crippen molar-refractivity contribution in [1.82, 2.24) is 0 Å². The molecule has 0 atom stereocenters. The number of nitrogens with zero attached hydrogens (tertiary/aromatic N) is 1. The molecule has 0 saturated carbocycles. The quantitative estimate of drug-likeness (QED) is 0.196. The van der Waals surface area contributed by atoms with Crippen LogP contribution in [0.15, 0.2) is 146 Å². The van der Waals surface area contributed by atoms with Crippen LogP contribution in [0, 0.1) is 0 Å².